The first-order valence-electron chi connectivity index (χ1n) is 11.1. The Morgan fingerprint density at radius 3 is 2.59 bits per heavy atom. The molecule has 168 valence electrons. The van der Waals surface area contributed by atoms with E-state index >= 15 is 0 Å². The van der Waals surface area contributed by atoms with E-state index in [0.29, 0.717) is 6.61 Å². The number of hydrogen-bond acceptors (Lipinski definition) is 4. The monoisotopic (exact) mass is 449 g/mol. The third-order valence-corrected chi connectivity index (χ3v) is 7.43. The van der Waals surface area contributed by atoms with Gasteiger partial charge in [0.1, 0.15) is 5.54 Å². The van der Waals surface area contributed by atoms with Crippen molar-refractivity contribution in [2.24, 2.45) is 0 Å². The summed E-state index contributed by atoms with van der Waals surface area (Å²) < 4.78 is 7.52. The van der Waals surface area contributed by atoms with Gasteiger partial charge in [-0.15, -0.1) is 12.6 Å². The number of aliphatic hydroxyl groups is 1. The van der Waals surface area contributed by atoms with Crippen LogP contribution in [0.25, 0.3) is 22.0 Å². The van der Waals surface area contributed by atoms with Crippen LogP contribution in [0.3, 0.4) is 0 Å². The van der Waals surface area contributed by atoms with Crippen LogP contribution in [0, 0.1) is 0 Å². The lowest BCUT2D eigenvalue weighted by Crippen LogP contribution is -2.62. The van der Waals surface area contributed by atoms with E-state index in [9.17, 15) is 5.11 Å². The SMILES string of the molecule is COC/C=C(\CO)C1(C)C(C)c2c(cc(C(C)(C)C)c3ccccc23)-c2c(S)cnc[n+]21. The molecule has 0 bridgehead atoms. The molecular formula is C27H33N2O2S+. The molecule has 5 heteroatoms. The maximum Gasteiger partial charge on any atom is 0.287 e. The first kappa shape index (κ1) is 23.0. The van der Waals surface area contributed by atoms with Gasteiger partial charge in [-0.25, -0.2) is 4.57 Å². The lowest BCUT2D eigenvalue weighted by molar-refractivity contribution is -0.751. The van der Waals surface area contributed by atoms with Crippen molar-refractivity contribution in [2.75, 3.05) is 20.3 Å². The van der Waals surface area contributed by atoms with Gasteiger partial charge in [-0.1, -0.05) is 63.0 Å². The van der Waals surface area contributed by atoms with Crippen LogP contribution in [0.1, 0.15) is 51.7 Å². The normalized spacial score (nSPS) is 20.9. The van der Waals surface area contributed by atoms with Crippen molar-refractivity contribution < 1.29 is 14.4 Å². The molecule has 4 rings (SSSR count). The van der Waals surface area contributed by atoms with Crippen molar-refractivity contribution >= 4 is 23.4 Å². The Balaban J connectivity index is 2.17. The fraction of sp³-hybridized carbons (Fsp3) is 0.407. The van der Waals surface area contributed by atoms with Crippen LogP contribution in [0.15, 0.2) is 59.4 Å². The molecule has 0 spiro atoms. The summed E-state index contributed by atoms with van der Waals surface area (Å²) in [5.74, 6) is 0.0844. The van der Waals surface area contributed by atoms with Crippen molar-refractivity contribution in [2.45, 2.75) is 56.4 Å². The van der Waals surface area contributed by atoms with Gasteiger partial charge in [0.2, 0.25) is 0 Å². The van der Waals surface area contributed by atoms with Crippen LogP contribution in [0.4, 0.5) is 0 Å². The first-order chi connectivity index (χ1) is 15.2. The summed E-state index contributed by atoms with van der Waals surface area (Å²) in [4.78, 5) is 5.30. The van der Waals surface area contributed by atoms with Gasteiger partial charge >= 0.3 is 0 Å². The number of rotatable bonds is 4. The molecule has 1 N–H and O–H groups in total. The van der Waals surface area contributed by atoms with E-state index in [1.165, 1.54) is 27.5 Å². The molecule has 0 aliphatic carbocycles. The van der Waals surface area contributed by atoms with Crippen LogP contribution < -0.4 is 4.57 Å². The second-order valence-corrected chi connectivity index (χ2v) is 10.4. The quantitative estimate of drug-likeness (QED) is 0.328. The second kappa shape index (κ2) is 8.29. The second-order valence-electron chi connectivity index (χ2n) is 9.89. The smallest absolute Gasteiger partial charge is 0.287 e. The molecule has 0 radical (unpaired) electrons. The molecule has 1 aliphatic rings. The van der Waals surface area contributed by atoms with Gasteiger partial charge in [0.15, 0.2) is 11.9 Å². The molecule has 1 aliphatic heterocycles. The predicted molar refractivity (Wildman–Crippen MR) is 132 cm³/mol. The van der Waals surface area contributed by atoms with Gasteiger partial charge in [-0.2, -0.15) is 0 Å². The molecular weight excluding hydrogens is 416 g/mol. The Kier molecular flexibility index (Phi) is 5.95. The summed E-state index contributed by atoms with van der Waals surface area (Å²) in [6.07, 6.45) is 5.67. The number of fused-ring (bicyclic) bond motifs is 5. The van der Waals surface area contributed by atoms with E-state index in [2.05, 4.69) is 74.5 Å². The van der Waals surface area contributed by atoms with E-state index in [1.54, 1.807) is 13.3 Å². The minimum atomic E-state index is -0.520. The van der Waals surface area contributed by atoms with Crippen molar-refractivity contribution in [1.82, 2.24) is 4.98 Å². The van der Waals surface area contributed by atoms with E-state index in [4.69, 9.17) is 17.4 Å². The fourth-order valence-electron chi connectivity index (χ4n) is 5.25. The van der Waals surface area contributed by atoms with Crippen LogP contribution >= 0.6 is 12.6 Å². The Bertz CT molecular complexity index is 1210. The number of aromatic nitrogens is 2. The highest BCUT2D eigenvalue weighted by Crippen LogP contribution is 2.50. The maximum absolute atomic E-state index is 10.4. The minimum absolute atomic E-state index is 0.0120. The number of nitrogens with zero attached hydrogens (tertiary/aromatic N) is 2. The molecule has 1 aromatic heterocycles. The number of thiol groups is 1. The van der Waals surface area contributed by atoms with E-state index < -0.39 is 5.54 Å². The van der Waals surface area contributed by atoms with Crippen LogP contribution in [-0.2, 0) is 15.7 Å². The molecule has 2 aromatic carbocycles. The number of methoxy groups -OCH3 is 1. The lowest BCUT2D eigenvalue weighted by Gasteiger charge is -2.42. The van der Waals surface area contributed by atoms with Gasteiger partial charge in [0.25, 0.3) is 6.33 Å². The molecule has 2 atom stereocenters. The Labute approximate surface area is 196 Å². The highest BCUT2D eigenvalue weighted by atomic mass is 32.1. The third kappa shape index (κ3) is 3.38. The summed E-state index contributed by atoms with van der Waals surface area (Å²) in [6, 6.07) is 11.0. The molecule has 2 unspecified atom stereocenters. The lowest BCUT2D eigenvalue weighted by atomic mass is 9.68. The zero-order valence-electron chi connectivity index (χ0n) is 19.8. The summed E-state index contributed by atoms with van der Waals surface area (Å²) in [6.45, 7) is 11.6. The first-order valence-corrected chi connectivity index (χ1v) is 11.6. The number of aliphatic hydroxyl groups excluding tert-OH is 1. The standard InChI is InChI=1S/C27H32N2O2S/c1-17-24-20-10-8-7-9-19(20)22(26(2,3)4)13-21(24)25-23(32)14-28-16-29(25)27(17,5)18(15-30)11-12-31-6/h7-11,13-14,16-17,30H,12,15H2,1-6H3/p+1/b18-11+. The van der Waals surface area contributed by atoms with E-state index in [0.717, 1.165) is 16.2 Å². The molecule has 0 saturated heterocycles. The number of hydrogen-bond donors (Lipinski definition) is 2. The summed E-state index contributed by atoms with van der Waals surface area (Å²) in [5, 5.41) is 13.0. The van der Waals surface area contributed by atoms with Gasteiger partial charge in [0.05, 0.1) is 18.1 Å². The molecule has 32 heavy (non-hydrogen) atoms. The Morgan fingerprint density at radius 2 is 1.97 bits per heavy atom. The van der Waals surface area contributed by atoms with Crippen molar-refractivity contribution in [3.8, 4) is 11.3 Å². The van der Waals surface area contributed by atoms with Crippen LogP contribution in [0.5, 0.6) is 0 Å². The molecule has 3 aromatic rings. The summed E-state index contributed by atoms with van der Waals surface area (Å²) >= 11 is 4.85. The zero-order chi connectivity index (χ0) is 23.3. The third-order valence-electron chi connectivity index (χ3n) is 7.11. The maximum atomic E-state index is 10.4. The van der Waals surface area contributed by atoms with E-state index in [1.807, 2.05) is 12.4 Å². The fourth-order valence-corrected chi connectivity index (χ4v) is 5.55. The average molecular weight is 450 g/mol. The predicted octanol–water partition coefficient (Wildman–Crippen LogP) is 5.17. The minimum Gasteiger partial charge on any atom is -0.392 e. The highest BCUT2D eigenvalue weighted by molar-refractivity contribution is 7.80. The summed E-state index contributed by atoms with van der Waals surface area (Å²) in [5.41, 5.74) is 5.20. The topological polar surface area (TPSA) is 46.2 Å². The van der Waals surface area contributed by atoms with Crippen molar-refractivity contribution in [3.63, 3.8) is 0 Å². The molecule has 2 heterocycles. The van der Waals surface area contributed by atoms with Gasteiger partial charge in [0, 0.05) is 24.2 Å². The molecule has 4 nitrogen and oxygen atoms in total. The highest BCUT2D eigenvalue weighted by Gasteiger charge is 2.49. The van der Waals surface area contributed by atoms with Gasteiger partial charge in [-0.05, 0) is 40.3 Å². The number of benzene rings is 2. The Hall–Kier alpha value is -2.21. The van der Waals surface area contributed by atoms with E-state index in [-0.39, 0.29) is 17.9 Å². The van der Waals surface area contributed by atoms with Gasteiger partial charge < -0.3 is 9.84 Å². The Morgan fingerprint density at radius 1 is 1.28 bits per heavy atom. The largest absolute Gasteiger partial charge is 0.392 e. The molecule has 0 saturated carbocycles. The average Bonchev–Trinajstić information content (AvgIpc) is 2.76. The van der Waals surface area contributed by atoms with Crippen molar-refractivity contribution in [1.29, 1.82) is 0 Å². The number of ether oxygens (including phenoxy) is 1. The molecule has 0 fully saturated rings. The van der Waals surface area contributed by atoms with Crippen LogP contribution in [0.2, 0.25) is 0 Å². The van der Waals surface area contributed by atoms with Gasteiger partial charge in [-0.3, -0.25) is 0 Å². The molecule has 0 amide bonds. The summed E-state index contributed by atoms with van der Waals surface area (Å²) in [7, 11) is 1.67. The zero-order valence-corrected chi connectivity index (χ0v) is 20.7. The van der Waals surface area contributed by atoms with Crippen LogP contribution in [-0.4, -0.2) is 30.4 Å². The van der Waals surface area contributed by atoms with Crippen molar-refractivity contribution in [3.05, 3.63) is 65.6 Å².